The number of rotatable bonds is 3. The van der Waals surface area contributed by atoms with Crippen LogP contribution in [-0.4, -0.2) is 12.2 Å². The lowest BCUT2D eigenvalue weighted by molar-refractivity contribution is 0.409. The molecule has 0 fully saturated rings. The van der Waals surface area contributed by atoms with Crippen LogP contribution in [0.5, 0.6) is 11.5 Å². The fourth-order valence-corrected chi connectivity index (χ4v) is 2.77. The lowest BCUT2D eigenvalue weighted by Crippen LogP contribution is -2.10. The first-order chi connectivity index (χ1) is 8.13. The van der Waals surface area contributed by atoms with E-state index in [1.807, 2.05) is 17.5 Å². The molecule has 0 amide bonds. The summed E-state index contributed by atoms with van der Waals surface area (Å²) in [6, 6.07) is 7.00. The number of aromatic hydroxyl groups is 1. The van der Waals surface area contributed by atoms with E-state index in [2.05, 4.69) is 15.9 Å². The summed E-state index contributed by atoms with van der Waals surface area (Å²) in [7, 11) is 1.58. The number of methoxy groups -OCH3 is 1. The normalized spacial score (nSPS) is 11.7. The van der Waals surface area contributed by atoms with Crippen molar-refractivity contribution >= 4 is 39.7 Å². The molecule has 1 aromatic carbocycles. The summed E-state index contributed by atoms with van der Waals surface area (Å²) in [4.78, 5) is 1.00. The Labute approximate surface area is 124 Å². The third-order valence-electron chi connectivity index (χ3n) is 2.49. The Balaban J connectivity index is 0.00000162. The number of ether oxygens (including phenoxy) is 1. The van der Waals surface area contributed by atoms with Gasteiger partial charge in [-0.15, -0.1) is 23.7 Å². The van der Waals surface area contributed by atoms with Crippen LogP contribution in [0.3, 0.4) is 0 Å². The summed E-state index contributed by atoms with van der Waals surface area (Å²) in [5.41, 5.74) is 6.78. The topological polar surface area (TPSA) is 55.5 Å². The summed E-state index contributed by atoms with van der Waals surface area (Å²) in [6.45, 7) is 0. The smallest absolute Gasteiger partial charge is 0.135 e. The number of benzene rings is 1. The highest BCUT2D eigenvalue weighted by Gasteiger charge is 2.17. The molecule has 2 aromatic rings. The SMILES string of the molecule is COc1cc(Br)c(O)c([C@@H](N)c2cccs2)c1.Cl. The molecule has 3 N–H and O–H groups in total. The van der Waals surface area contributed by atoms with Crippen LogP contribution < -0.4 is 10.5 Å². The van der Waals surface area contributed by atoms with E-state index in [0.717, 1.165) is 4.88 Å². The molecule has 0 saturated carbocycles. The predicted octanol–water partition coefficient (Wildman–Crippen LogP) is 3.69. The highest BCUT2D eigenvalue weighted by atomic mass is 79.9. The van der Waals surface area contributed by atoms with Gasteiger partial charge in [-0.25, -0.2) is 0 Å². The van der Waals surface area contributed by atoms with Crippen LogP contribution in [0.25, 0.3) is 0 Å². The lowest BCUT2D eigenvalue weighted by atomic mass is 10.0. The van der Waals surface area contributed by atoms with Gasteiger partial charge >= 0.3 is 0 Å². The Hall–Kier alpha value is -0.750. The molecule has 0 aliphatic heterocycles. The van der Waals surface area contributed by atoms with Crippen LogP contribution in [0, 0.1) is 0 Å². The average molecular weight is 351 g/mol. The second-order valence-corrected chi connectivity index (χ2v) is 5.37. The van der Waals surface area contributed by atoms with Gasteiger partial charge in [-0.2, -0.15) is 0 Å². The summed E-state index contributed by atoms with van der Waals surface area (Å²) in [6.07, 6.45) is 0. The zero-order valence-corrected chi connectivity index (χ0v) is 12.8. The van der Waals surface area contributed by atoms with Crippen molar-refractivity contribution in [3.05, 3.63) is 44.6 Å². The van der Waals surface area contributed by atoms with Crippen molar-refractivity contribution in [3.8, 4) is 11.5 Å². The van der Waals surface area contributed by atoms with E-state index in [4.69, 9.17) is 10.5 Å². The van der Waals surface area contributed by atoms with Crippen LogP contribution in [0.4, 0.5) is 0 Å². The zero-order valence-electron chi connectivity index (χ0n) is 9.59. The average Bonchev–Trinajstić information content (AvgIpc) is 2.85. The molecule has 6 heteroatoms. The van der Waals surface area contributed by atoms with Gasteiger partial charge in [0, 0.05) is 10.4 Å². The van der Waals surface area contributed by atoms with Gasteiger partial charge in [0.15, 0.2) is 0 Å². The number of halogens is 2. The highest BCUT2D eigenvalue weighted by molar-refractivity contribution is 9.10. The number of hydrogen-bond donors (Lipinski definition) is 2. The second kappa shape index (κ2) is 6.43. The predicted molar refractivity (Wildman–Crippen MR) is 80.0 cm³/mol. The Morgan fingerprint density at radius 3 is 2.72 bits per heavy atom. The van der Waals surface area contributed by atoms with Gasteiger partial charge in [0.25, 0.3) is 0 Å². The monoisotopic (exact) mass is 349 g/mol. The quantitative estimate of drug-likeness (QED) is 0.887. The maximum atomic E-state index is 10.0. The van der Waals surface area contributed by atoms with E-state index in [1.165, 1.54) is 0 Å². The van der Waals surface area contributed by atoms with Gasteiger partial charge < -0.3 is 15.6 Å². The fraction of sp³-hybridized carbons (Fsp3) is 0.167. The number of thiophene rings is 1. The van der Waals surface area contributed by atoms with Crippen LogP contribution in [0.2, 0.25) is 0 Å². The van der Waals surface area contributed by atoms with Crippen molar-refractivity contribution in [2.45, 2.75) is 6.04 Å². The van der Waals surface area contributed by atoms with Crippen LogP contribution >= 0.6 is 39.7 Å². The third-order valence-corrected chi connectivity index (χ3v) is 4.05. The molecule has 2 rings (SSSR count). The second-order valence-electron chi connectivity index (χ2n) is 3.54. The summed E-state index contributed by atoms with van der Waals surface area (Å²) in [5.74, 6) is 0.823. The maximum Gasteiger partial charge on any atom is 0.135 e. The molecular weight excluding hydrogens is 338 g/mol. The minimum absolute atomic E-state index is 0. The van der Waals surface area contributed by atoms with Gasteiger partial charge in [-0.1, -0.05) is 6.07 Å². The molecule has 1 atom stereocenters. The van der Waals surface area contributed by atoms with E-state index >= 15 is 0 Å². The molecule has 98 valence electrons. The number of phenols is 1. The van der Waals surface area contributed by atoms with Crippen LogP contribution in [0.15, 0.2) is 34.1 Å². The molecule has 0 spiro atoms. The Bertz CT molecular complexity index is 519. The number of nitrogens with two attached hydrogens (primary N) is 1. The minimum Gasteiger partial charge on any atom is -0.506 e. The van der Waals surface area contributed by atoms with Gasteiger partial charge in [0.1, 0.15) is 11.5 Å². The molecule has 0 unspecified atom stereocenters. The van der Waals surface area contributed by atoms with Gasteiger partial charge in [-0.05, 0) is 39.5 Å². The molecule has 18 heavy (non-hydrogen) atoms. The summed E-state index contributed by atoms with van der Waals surface area (Å²) in [5, 5.41) is 12.0. The summed E-state index contributed by atoms with van der Waals surface area (Å²) >= 11 is 4.85. The first-order valence-corrected chi connectivity index (χ1v) is 6.66. The molecule has 0 radical (unpaired) electrons. The largest absolute Gasteiger partial charge is 0.506 e. The van der Waals surface area contributed by atoms with Crippen LogP contribution in [0.1, 0.15) is 16.5 Å². The molecule has 1 aromatic heterocycles. The molecule has 0 aliphatic rings. The zero-order chi connectivity index (χ0) is 12.4. The van der Waals surface area contributed by atoms with E-state index < -0.39 is 0 Å². The molecular formula is C12H13BrClNO2S. The van der Waals surface area contributed by atoms with Gasteiger partial charge in [0.2, 0.25) is 0 Å². The Morgan fingerprint density at radius 1 is 1.44 bits per heavy atom. The van der Waals surface area contributed by atoms with E-state index in [9.17, 15) is 5.11 Å². The minimum atomic E-state index is -0.346. The van der Waals surface area contributed by atoms with E-state index in [0.29, 0.717) is 15.8 Å². The Morgan fingerprint density at radius 2 is 2.17 bits per heavy atom. The lowest BCUT2D eigenvalue weighted by Gasteiger charge is -2.14. The molecule has 0 bridgehead atoms. The highest BCUT2D eigenvalue weighted by Crippen LogP contribution is 2.38. The number of hydrogen-bond acceptors (Lipinski definition) is 4. The standard InChI is InChI=1S/C12H12BrNO2S.ClH/c1-16-7-5-8(12(15)9(13)6-7)11(14)10-3-2-4-17-10;/h2-6,11,15H,14H2,1H3;1H/t11-;/m1./s1. The van der Waals surface area contributed by atoms with Gasteiger partial charge in [-0.3, -0.25) is 0 Å². The van der Waals surface area contributed by atoms with Crippen LogP contribution in [-0.2, 0) is 0 Å². The van der Waals surface area contributed by atoms with E-state index in [1.54, 1.807) is 30.6 Å². The fourth-order valence-electron chi connectivity index (χ4n) is 1.57. The molecule has 0 saturated heterocycles. The molecule has 0 aliphatic carbocycles. The van der Waals surface area contributed by atoms with E-state index in [-0.39, 0.29) is 24.2 Å². The third kappa shape index (κ3) is 2.98. The van der Waals surface area contributed by atoms with Crippen molar-refractivity contribution < 1.29 is 9.84 Å². The molecule has 1 heterocycles. The van der Waals surface area contributed by atoms with Crippen molar-refractivity contribution in [2.75, 3.05) is 7.11 Å². The summed E-state index contributed by atoms with van der Waals surface area (Å²) < 4.78 is 5.75. The molecule has 3 nitrogen and oxygen atoms in total. The Kier molecular flexibility index (Phi) is 5.47. The first-order valence-electron chi connectivity index (χ1n) is 4.99. The van der Waals surface area contributed by atoms with Crippen molar-refractivity contribution in [1.29, 1.82) is 0 Å². The van der Waals surface area contributed by atoms with Crippen molar-refractivity contribution in [3.63, 3.8) is 0 Å². The van der Waals surface area contributed by atoms with Gasteiger partial charge in [0.05, 0.1) is 17.6 Å². The van der Waals surface area contributed by atoms with Crippen molar-refractivity contribution in [1.82, 2.24) is 0 Å². The maximum absolute atomic E-state index is 10.0. The van der Waals surface area contributed by atoms with Crippen molar-refractivity contribution in [2.24, 2.45) is 5.73 Å². The number of phenolic OH excluding ortho intramolecular Hbond substituents is 1. The first kappa shape index (κ1) is 15.3.